The minimum atomic E-state index is -0.506. The predicted molar refractivity (Wildman–Crippen MR) is 85.0 cm³/mol. The number of hydrogen-bond acceptors (Lipinski definition) is 6. The van der Waals surface area contributed by atoms with Gasteiger partial charge in [0.25, 0.3) is 0 Å². The van der Waals surface area contributed by atoms with Crippen molar-refractivity contribution in [2.24, 2.45) is 0 Å². The molecule has 0 aliphatic carbocycles. The Kier molecular flexibility index (Phi) is 3.57. The maximum absolute atomic E-state index is 11.0. The van der Waals surface area contributed by atoms with E-state index in [2.05, 4.69) is 40.2 Å². The maximum atomic E-state index is 11.0. The van der Waals surface area contributed by atoms with Crippen molar-refractivity contribution in [3.8, 4) is 5.75 Å². The third-order valence-electron chi connectivity index (χ3n) is 4.76. The number of anilines is 1. The van der Waals surface area contributed by atoms with Crippen LogP contribution < -0.4 is 15.4 Å². The maximum Gasteiger partial charge on any atom is 0.435 e. The first-order chi connectivity index (χ1) is 11.2. The molecular weight excluding hydrogens is 296 g/mol. The molecule has 3 heterocycles. The third kappa shape index (κ3) is 2.72. The monoisotopic (exact) mass is 316 g/mol. The second kappa shape index (κ2) is 5.73. The lowest BCUT2D eigenvalue weighted by atomic mass is 10.0. The van der Waals surface area contributed by atoms with Gasteiger partial charge in [-0.15, -0.1) is 5.10 Å². The van der Waals surface area contributed by atoms with Gasteiger partial charge in [0.1, 0.15) is 5.75 Å². The van der Waals surface area contributed by atoms with Crippen molar-refractivity contribution in [2.45, 2.75) is 19.4 Å². The molecule has 7 heteroatoms. The Morgan fingerprint density at radius 3 is 2.83 bits per heavy atom. The van der Waals surface area contributed by atoms with Gasteiger partial charge in [-0.1, -0.05) is 12.1 Å². The number of piperazine rings is 1. The number of H-pyrrole nitrogens is 1. The molecule has 1 N–H and O–H groups in total. The van der Waals surface area contributed by atoms with Crippen molar-refractivity contribution in [3.05, 3.63) is 39.9 Å². The van der Waals surface area contributed by atoms with Crippen LogP contribution in [0.1, 0.15) is 24.1 Å². The van der Waals surface area contributed by atoms with Crippen molar-refractivity contribution in [2.75, 3.05) is 37.7 Å². The minimum absolute atomic E-state index is 0.331. The average Bonchev–Trinajstić information content (AvgIpc) is 3.22. The molecule has 1 unspecified atom stereocenters. The highest BCUT2D eigenvalue weighted by atomic mass is 16.5. The second-order valence-corrected chi connectivity index (χ2v) is 6.06. The molecule has 0 spiro atoms. The summed E-state index contributed by atoms with van der Waals surface area (Å²) in [5.74, 6) is 0.528. The van der Waals surface area contributed by atoms with Crippen LogP contribution >= 0.6 is 0 Å². The molecule has 1 fully saturated rings. The molecule has 23 heavy (non-hydrogen) atoms. The summed E-state index contributed by atoms with van der Waals surface area (Å²) in [5.41, 5.74) is 2.59. The lowest BCUT2D eigenvalue weighted by Gasteiger charge is -2.37. The SMILES string of the molecule is CC(c1ccc2c(c1)OCC2)N1CCN(c2n[nH]c(=O)o2)CC1. The van der Waals surface area contributed by atoms with Gasteiger partial charge in [-0.3, -0.25) is 4.90 Å². The molecule has 1 atom stereocenters. The van der Waals surface area contributed by atoms with Crippen molar-refractivity contribution in [3.63, 3.8) is 0 Å². The quantitative estimate of drug-likeness (QED) is 0.916. The van der Waals surface area contributed by atoms with Gasteiger partial charge < -0.3 is 14.1 Å². The molecule has 0 amide bonds. The Labute approximate surface area is 133 Å². The van der Waals surface area contributed by atoms with Crippen LogP contribution in [0.25, 0.3) is 0 Å². The highest BCUT2D eigenvalue weighted by Crippen LogP contribution is 2.31. The van der Waals surface area contributed by atoms with Gasteiger partial charge in [0.05, 0.1) is 6.61 Å². The highest BCUT2D eigenvalue weighted by Gasteiger charge is 2.25. The van der Waals surface area contributed by atoms with Gasteiger partial charge in [0.2, 0.25) is 0 Å². The van der Waals surface area contributed by atoms with Crippen LogP contribution in [0.3, 0.4) is 0 Å². The fourth-order valence-corrected chi connectivity index (χ4v) is 3.31. The summed E-state index contributed by atoms with van der Waals surface area (Å²) in [6.45, 7) is 6.40. The van der Waals surface area contributed by atoms with E-state index >= 15 is 0 Å². The number of nitrogens with one attached hydrogen (secondary N) is 1. The number of fused-ring (bicyclic) bond motifs is 1. The van der Waals surface area contributed by atoms with Crippen LogP contribution in [0.4, 0.5) is 6.01 Å². The summed E-state index contributed by atoms with van der Waals surface area (Å²) in [5, 5.41) is 6.20. The summed E-state index contributed by atoms with van der Waals surface area (Å²) in [6, 6.07) is 7.28. The molecule has 122 valence electrons. The summed E-state index contributed by atoms with van der Waals surface area (Å²) in [6.07, 6.45) is 1.01. The zero-order chi connectivity index (χ0) is 15.8. The Hall–Kier alpha value is -2.28. The van der Waals surface area contributed by atoms with E-state index in [-0.39, 0.29) is 0 Å². The third-order valence-corrected chi connectivity index (χ3v) is 4.76. The van der Waals surface area contributed by atoms with Gasteiger partial charge >= 0.3 is 11.8 Å². The first kappa shape index (κ1) is 14.3. The van der Waals surface area contributed by atoms with Crippen LogP contribution in [0.2, 0.25) is 0 Å². The lowest BCUT2D eigenvalue weighted by molar-refractivity contribution is 0.195. The normalized spacial score (nSPS) is 19.4. The molecule has 0 bridgehead atoms. The number of aromatic nitrogens is 2. The van der Waals surface area contributed by atoms with Crippen LogP contribution in [0.5, 0.6) is 5.75 Å². The van der Waals surface area contributed by atoms with Gasteiger partial charge in [-0.05, 0) is 24.1 Å². The van der Waals surface area contributed by atoms with Gasteiger partial charge in [-0.2, -0.15) is 0 Å². The number of aromatic amines is 1. The van der Waals surface area contributed by atoms with Crippen molar-refractivity contribution < 1.29 is 9.15 Å². The number of rotatable bonds is 3. The summed E-state index contributed by atoms with van der Waals surface area (Å²) >= 11 is 0. The highest BCUT2D eigenvalue weighted by molar-refractivity contribution is 5.41. The largest absolute Gasteiger partial charge is 0.493 e. The number of hydrogen-bond donors (Lipinski definition) is 1. The minimum Gasteiger partial charge on any atom is -0.493 e. The van der Waals surface area contributed by atoms with E-state index in [1.165, 1.54) is 11.1 Å². The summed E-state index contributed by atoms with van der Waals surface area (Å²) in [7, 11) is 0. The fourth-order valence-electron chi connectivity index (χ4n) is 3.31. The number of nitrogens with zero attached hydrogens (tertiary/aromatic N) is 3. The van der Waals surface area contributed by atoms with Crippen LogP contribution in [-0.2, 0) is 6.42 Å². The van der Waals surface area contributed by atoms with Gasteiger partial charge in [0, 0.05) is 38.6 Å². The van der Waals surface area contributed by atoms with E-state index < -0.39 is 5.76 Å². The molecule has 1 saturated heterocycles. The van der Waals surface area contributed by atoms with E-state index in [0.29, 0.717) is 12.1 Å². The first-order valence-corrected chi connectivity index (χ1v) is 8.01. The summed E-state index contributed by atoms with van der Waals surface area (Å²) < 4.78 is 10.7. The molecule has 2 aliphatic heterocycles. The number of ether oxygens (including phenoxy) is 1. The van der Waals surface area contributed by atoms with E-state index in [9.17, 15) is 4.79 Å². The van der Waals surface area contributed by atoms with Crippen LogP contribution in [-0.4, -0.2) is 47.9 Å². The molecule has 0 radical (unpaired) electrons. The Balaban J connectivity index is 1.42. The van der Waals surface area contributed by atoms with E-state index in [0.717, 1.165) is 45.0 Å². The molecule has 1 aromatic carbocycles. The van der Waals surface area contributed by atoms with E-state index in [1.54, 1.807) is 0 Å². The molecule has 4 rings (SSSR count). The van der Waals surface area contributed by atoms with Gasteiger partial charge in [0.15, 0.2) is 0 Å². The Bertz CT molecular complexity index is 746. The smallest absolute Gasteiger partial charge is 0.435 e. The van der Waals surface area contributed by atoms with Crippen LogP contribution in [0, 0.1) is 0 Å². The summed E-state index contributed by atoms with van der Waals surface area (Å²) in [4.78, 5) is 15.5. The Morgan fingerprint density at radius 1 is 1.26 bits per heavy atom. The van der Waals surface area contributed by atoms with Crippen LogP contribution in [0.15, 0.2) is 27.4 Å². The van der Waals surface area contributed by atoms with Crippen molar-refractivity contribution >= 4 is 6.01 Å². The first-order valence-electron chi connectivity index (χ1n) is 8.01. The molecule has 2 aromatic rings. The van der Waals surface area contributed by atoms with Crippen molar-refractivity contribution in [1.82, 2.24) is 15.1 Å². The van der Waals surface area contributed by atoms with Gasteiger partial charge in [-0.25, -0.2) is 9.89 Å². The average molecular weight is 316 g/mol. The molecule has 0 saturated carbocycles. The molecule has 2 aliphatic rings. The lowest BCUT2D eigenvalue weighted by Crippen LogP contribution is -2.47. The van der Waals surface area contributed by atoms with E-state index in [4.69, 9.17) is 9.15 Å². The topological polar surface area (TPSA) is 74.6 Å². The standard InChI is InChI=1S/C16H20N4O3/c1-11(13-3-2-12-4-9-22-14(12)10-13)19-5-7-20(8-6-19)15-17-18-16(21)23-15/h2-3,10-11H,4-9H2,1H3,(H,18,21). The zero-order valence-corrected chi connectivity index (χ0v) is 13.1. The Morgan fingerprint density at radius 2 is 2.09 bits per heavy atom. The number of benzene rings is 1. The predicted octanol–water partition coefficient (Wildman–Crippen LogP) is 1.18. The zero-order valence-electron chi connectivity index (χ0n) is 13.1. The molecular formula is C16H20N4O3. The second-order valence-electron chi connectivity index (χ2n) is 6.06. The van der Waals surface area contributed by atoms with Crippen molar-refractivity contribution in [1.29, 1.82) is 0 Å². The van der Waals surface area contributed by atoms with E-state index in [1.807, 2.05) is 4.90 Å². The molecule has 7 nitrogen and oxygen atoms in total. The fraction of sp³-hybridized carbons (Fsp3) is 0.500. The molecule has 1 aromatic heterocycles.